The smallest absolute Gasteiger partial charge is 0.408 e. The van der Waals surface area contributed by atoms with E-state index in [-0.39, 0.29) is 18.4 Å². The van der Waals surface area contributed by atoms with Gasteiger partial charge in [0.2, 0.25) is 5.91 Å². The number of aliphatic hydroxyl groups is 1. The van der Waals surface area contributed by atoms with Crippen molar-refractivity contribution in [2.24, 2.45) is 5.92 Å². The van der Waals surface area contributed by atoms with Crippen molar-refractivity contribution in [1.82, 2.24) is 10.6 Å². The molecule has 1 fully saturated rings. The fourth-order valence-corrected chi connectivity index (χ4v) is 5.43. The quantitative estimate of drug-likeness (QED) is 0.481. The predicted molar refractivity (Wildman–Crippen MR) is 130 cm³/mol. The van der Waals surface area contributed by atoms with Crippen molar-refractivity contribution in [3.63, 3.8) is 0 Å². The molecule has 0 bridgehead atoms. The third-order valence-electron chi connectivity index (χ3n) is 7.15. The van der Waals surface area contributed by atoms with Crippen molar-refractivity contribution in [3.05, 3.63) is 59.7 Å². The molecular formula is C27H32N2O6. The van der Waals surface area contributed by atoms with Crippen molar-refractivity contribution >= 4 is 18.0 Å². The molecule has 8 heteroatoms. The normalized spacial score (nSPS) is 22.9. The lowest BCUT2D eigenvalue weighted by Crippen LogP contribution is -2.64. The molecule has 2 aromatic carbocycles. The van der Waals surface area contributed by atoms with E-state index in [1.807, 2.05) is 43.3 Å². The zero-order valence-electron chi connectivity index (χ0n) is 20.0. The number of carboxylic acids is 1. The van der Waals surface area contributed by atoms with Gasteiger partial charge in [-0.1, -0.05) is 68.3 Å². The zero-order chi connectivity index (χ0) is 25.2. The Morgan fingerprint density at radius 3 is 2.23 bits per heavy atom. The summed E-state index contributed by atoms with van der Waals surface area (Å²) >= 11 is 0. The van der Waals surface area contributed by atoms with E-state index in [9.17, 15) is 24.6 Å². The molecule has 0 heterocycles. The molecule has 0 radical (unpaired) electrons. The summed E-state index contributed by atoms with van der Waals surface area (Å²) in [4.78, 5) is 37.7. The van der Waals surface area contributed by atoms with Crippen LogP contribution in [0.15, 0.2) is 48.5 Å². The summed E-state index contributed by atoms with van der Waals surface area (Å²) in [5.74, 6) is -1.92. The van der Waals surface area contributed by atoms with E-state index >= 15 is 0 Å². The van der Waals surface area contributed by atoms with Crippen LogP contribution in [0.5, 0.6) is 0 Å². The average molecular weight is 481 g/mol. The summed E-state index contributed by atoms with van der Waals surface area (Å²) < 4.78 is 5.66. The number of nitrogens with one attached hydrogen (secondary N) is 2. The highest BCUT2D eigenvalue weighted by Gasteiger charge is 2.45. The molecular weight excluding hydrogens is 448 g/mol. The maximum absolute atomic E-state index is 13.3. The molecule has 2 aliphatic rings. The summed E-state index contributed by atoms with van der Waals surface area (Å²) in [5.41, 5.74) is 3.10. The van der Waals surface area contributed by atoms with Crippen LogP contribution in [-0.2, 0) is 14.3 Å². The predicted octanol–water partition coefficient (Wildman–Crippen LogP) is 3.42. The van der Waals surface area contributed by atoms with E-state index < -0.39 is 35.7 Å². The summed E-state index contributed by atoms with van der Waals surface area (Å²) in [7, 11) is 0. The first-order chi connectivity index (χ1) is 16.7. The van der Waals surface area contributed by atoms with Crippen molar-refractivity contribution in [2.45, 2.75) is 63.1 Å². The Hall–Kier alpha value is -3.39. The number of amides is 2. The Kier molecular flexibility index (Phi) is 7.12. The number of aliphatic carboxylic acids is 1. The molecule has 4 N–H and O–H groups in total. The number of rotatable bonds is 7. The third kappa shape index (κ3) is 5.03. The lowest BCUT2D eigenvalue weighted by Gasteiger charge is -2.39. The fourth-order valence-electron chi connectivity index (χ4n) is 5.43. The van der Waals surface area contributed by atoms with Crippen molar-refractivity contribution in [3.8, 4) is 11.1 Å². The minimum absolute atomic E-state index is 0.110. The van der Waals surface area contributed by atoms with Crippen LogP contribution in [0.2, 0.25) is 0 Å². The Morgan fingerprint density at radius 2 is 1.69 bits per heavy atom. The maximum Gasteiger partial charge on any atom is 0.408 e. The minimum Gasteiger partial charge on any atom is -0.480 e. The lowest BCUT2D eigenvalue weighted by molar-refractivity contribution is -0.146. The first-order valence-electron chi connectivity index (χ1n) is 12.1. The molecule has 2 amide bonds. The molecule has 8 nitrogen and oxygen atoms in total. The second kappa shape index (κ2) is 10.1. The molecule has 0 saturated heterocycles. The van der Waals surface area contributed by atoms with E-state index in [0.717, 1.165) is 28.7 Å². The first-order valence-corrected chi connectivity index (χ1v) is 12.1. The molecule has 0 aromatic heterocycles. The van der Waals surface area contributed by atoms with Gasteiger partial charge < -0.3 is 25.6 Å². The Balaban J connectivity index is 1.49. The molecule has 186 valence electrons. The van der Waals surface area contributed by atoms with Crippen molar-refractivity contribution in [2.75, 3.05) is 6.61 Å². The topological polar surface area (TPSA) is 125 Å². The van der Waals surface area contributed by atoms with Crippen LogP contribution in [-0.4, -0.2) is 52.5 Å². The van der Waals surface area contributed by atoms with Gasteiger partial charge in [-0.05, 0) is 47.9 Å². The molecule has 0 spiro atoms. The molecule has 35 heavy (non-hydrogen) atoms. The van der Waals surface area contributed by atoms with Gasteiger partial charge in [0.1, 0.15) is 12.1 Å². The second-order valence-electron chi connectivity index (χ2n) is 9.76. The summed E-state index contributed by atoms with van der Waals surface area (Å²) in [6.07, 6.45) is 0.309. The fraction of sp³-hybridized carbons (Fsp3) is 0.444. The van der Waals surface area contributed by atoms with Crippen LogP contribution in [0.25, 0.3) is 11.1 Å². The average Bonchev–Trinajstić information content (AvgIpc) is 3.14. The van der Waals surface area contributed by atoms with Crippen LogP contribution >= 0.6 is 0 Å². The monoisotopic (exact) mass is 480 g/mol. The van der Waals surface area contributed by atoms with Crippen LogP contribution < -0.4 is 10.6 Å². The first kappa shape index (κ1) is 24.7. The maximum atomic E-state index is 13.3. The van der Waals surface area contributed by atoms with Gasteiger partial charge in [-0.25, -0.2) is 9.59 Å². The molecule has 0 aliphatic heterocycles. The highest BCUT2D eigenvalue weighted by atomic mass is 16.5. The highest BCUT2D eigenvalue weighted by molar-refractivity contribution is 5.93. The number of alkyl carbamates (subject to hydrolysis) is 1. The SMILES string of the molecule is CC1CCCC(NC(=O)OCC2c3ccccc3-c3ccccc32)(C(=O)N[C@H](C(=O)O)[C@@H](C)O)C1. The lowest BCUT2D eigenvalue weighted by atomic mass is 9.75. The van der Waals surface area contributed by atoms with Gasteiger partial charge >= 0.3 is 12.1 Å². The summed E-state index contributed by atoms with van der Waals surface area (Å²) in [5, 5.41) is 24.4. The molecule has 4 rings (SSSR count). The number of carbonyl (C=O) groups excluding carboxylic acids is 2. The molecule has 4 atom stereocenters. The van der Waals surface area contributed by atoms with Gasteiger partial charge in [0.15, 0.2) is 6.04 Å². The summed E-state index contributed by atoms with van der Waals surface area (Å²) in [6, 6.07) is 14.6. The van der Waals surface area contributed by atoms with E-state index in [1.54, 1.807) is 0 Å². The van der Waals surface area contributed by atoms with Gasteiger partial charge in [0.25, 0.3) is 0 Å². The van der Waals surface area contributed by atoms with Gasteiger partial charge in [0.05, 0.1) is 6.10 Å². The van der Waals surface area contributed by atoms with Crippen molar-refractivity contribution in [1.29, 1.82) is 0 Å². The van der Waals surface area contributed by atoms with E-state index in [2.05, 4.69) is 22.8 Å². The minimum atomic E-state index is -1.47. The second-order valence-corrected chi connectivity index (χ2v) is 9.76. The van der Waals surface area contributed by atoms with Gasteiger partial charge in [-0.3, -0.25) is 4.79 Å². The van der Waals surface area contributed by atoms with Crippen LogP contribution in [0.4, 0.5) is 4.79 Å². The Bertz CT molecular complexity index is 1070. The Morgan fingerprint density at radius 1 is 1.09 bits per heavy atom. The molecule has 2 aromatic rings. The van der Waals surface area contributed by atoms with E-state index in [0.29, 0.717) is 19.3 Å². The van der Waals surface area contributed by atoms with Crippen LogP contribution in [0, 0.1) is 5.92 Å². The van der Waals surface area contributed by atoms with Crippen molar-refractivity contribution < 1.29 is 29.3 Å². The third-order valence-corrected chi connectivity index (χ3v) is 7.15. The number of ether oxygens (including phenoxy) is 1. The number of carboxylic acid groups (broad SMARTS) is 1. The van der Waals surface area contributed by atoms with Gasteiger partial charge in [-0.15, -0.1) is 0 Å². The molecule has 2 unspecified atom stereocenters. The van der Waals surface area contributed by atoms with Gasteiger partial charge in [-0.2, -0.15) is 0 Å². The number of aliphatic hydroxyl groups excluding tert-OH is 1. The van der Waals surface area contributed by atoms with Crippen LogP contribution in [0.3, 0.4) is 0 Å². The number of fused-ring (bicyclic) bond motifs is 3. The zero-order valence-corrected chi connectivity index (χ0v) is 20.0. The van der Waals surface area contributed by atoms with E-state index in [1.165, 1.54) is 6.92 Å². The molecule has 1 saturated carbocycles. The number of hydrogen-bond donors (Lipinski definition) is 4. The number of hydrogen-bond acceptors (Lipinski definition) is 5. The van der Waals surface area contributed by atoms with Gasteiger partial charge in [0, 0.05) is 5.92 Å². The number of benzene rings is 2. The largest absolute Gasteiger partial charge is 0.480 e. The molecule has 2 aliphatic carbocycles. The summed E-state index contributed by atoms with van der Waals surface area (Å²) in [6.45, 7) is 3.40. The highest BCUT2D eigenvalue weighted by Crippen LogP contribution is 2.44. The van der Waals surface area contributed by atoms with E-state index in [4.69, 9.17) is 4.74 Å². The number of carbonyl (C=O) groups is 3. The Labute approximate surface area is 204 Å². The van der Waals surface area contributed by atoms with Crippen LogP contribution in [0.1, 0.15) is 56.6 Å². The standard InChI is InChI=1S/C27H32N2O6/c1-16-8-7-13-27(14-16,25(33)28-23(17(2)30)24(31)32)29-26(34)35-15-22-20-11-5-3-9-18(20)19-10-4-6-12-21(19)22/h3-6,9-12,16-17,22-23,30H,7-8,13-15H2,1-2H3,(H,28,33)(H,29,34)(H,31,32)/t16?,17-,23+,27?/m1/s1.